The van der Waals surface area contributed by atoms with E-state index in [1.807, 2.05) is 28.8 Å². The molecule has 2 fully saturated rings. The van der Waals surface area contributed by atoms with Crippen molar-refractivity contribution in [3.63, 3.8) is 0 Å². The number of hydrogen-bond donors (Lipinski definition) is 2. The SMILES string of the molecule is O=C(CC1CC2CCC(C1)N2)NCc1nnc2ccccn12. The molecule has 0 saturated carbocycles. The van der Waals surface area contributed by atoms with Gasteiger partial charge in [0.05, 0.1) is 6.54 Å². The van der Waals surface area contributed by atoms with Crippen molar-refractivity contribution in [3.8, 4) is 0 Å². The number of amides is 1. The molecule has 0 radical (unpaired) electrons. The molecular formula is C16H21N5O. The van der Waals surface area contributed by atoms with Crippen LogP contribution in [0.15, 0.2) is 24.4 Å². The summed E-state index contributed by atoms with van der Waals surface area (Å²) in [6, 6.07) is 7.04. The Kier molecular flexibility index (Phi) is 3.54. The Morgan fingerprint density at radius 1 is 1.27 bits per heavy atom. The first-order valence-electron chi connectivity index (χ1n) is 8.09. The van der Waals surface area contributed by atoms with Crippen LogP contribution in [0.2, 0.25) is 0 Å². The summed E-state index contributed by atoms with van der Waals surface area (Å²) < 4.78 is 1.91. The third-order valence-corrected chi connectivity index (χ3v) is 4.87. The van der Waals surface area contributed by atoms with Gasteiger partial charge < -0.3 is 10.6 Å². The fourth-order valence-electron chi connectivity index (χ4n) is 3.87. The van der Waals surface area contributed by atoms with E-state index in [-0.39, 0.29) is 5.91 Å². The Bertz CT molecular complexity index is 670. The minimum atomic E-state index is 0.124. The number of pyridine rings is 1. The van der Waals surface area contributed by atoms with E-state index in [9.17, 15) is 4.79 Å². The summed E-state index contributed by atoms with van der Waals surface area (Å²) in [6.45, 7) is 0.432. The number of fused-ring (bicyclic) bond motifs is 3. The zero-order valence-corrected chi connectivity index (χ0v) is 12.5. The summed E-state index contributed by atoms with van der Waals surface area (Å²) in [5.74, 6) is 1.42. The fraction of sp³-hybridized carbons (Fsp3) is 0.562. The fourth-order valence-corrected chi connectivity index (χ4v) is 3.87. The van der Waals surface area contributed by atoms with Gasteiger partial charge in [-0.1, -0.05) is 6.07 Å². The van der Waals surface area contributed by atoms with Crippen LogP contribution in [0.25, 0.3) is 5.65 Å². The average Bonchev–Trinajstić information content (AvgIpc) is 3.08. The van der Waals surface area contributed by atoms with Crippen LogP contribution in [0.5, 0.6) is 0 Å². The van der Waals surface area contributed by atoms with Crippen LogP contribution < -0.4 is 10.6 Å². The highest BCUT2D eigenvalue weighted by Crippen LogP contribution is 2.32. The molecule has 2 atom stereocenters. The number of carbonyl (C=O) groups excluding carboxylic acids is 1. The molecule has 1 amide bonds. The van der Waals surface area contributed by atoms with E-state index in [2.05, 4.69) is 20.8 Å². The molecule has 116 valence electrons. The second kappa shape index (κ2) is 5.68. The van der Waals surface area contributed by atoms with Crippen molar-refractivity contribution in [2.45, 2.75) is 50.7 Å². The molecular weight excluding hydrogens is 278 g/mol. The van der Waals surface area contributed by atoms with Crippen molar-refractivity contribution >= 4 is 11.6 Å². The van der Waals surface area contributed by atoms with Crippen LogP contribution in [0, 0.1) is 5.92 Å². The molecule has 0 aromatic carbocycles. The minimum Gasteiger partial charge on any atom is -0.349 e. The van der Waals surface area contributed by atoms with Gasteiger partial charge in [-0.05, 0) is 43.7 Å². The number of aromatic nitrogens is 3. The molecule has 2 aliphatic heterocycles. The van der Waals surface area contributed by atoms with Crippen molar-refractivity contribution in [2.24, 2.45) is 5.92 Å². The molecule has 6 heteroatoms. The van der Waals surface area contributed by atoms with Gasteiger partial charge >= 0.3 is 0 Å². The van der Waals surface area contributed by atoms with E-state index in [0.29, 0.717) is 31.0 Å². The molecule has 2 unspecified atom stereocenters. The molecule has 4 heterocycles. The Morgan fingerprint density at radius 2 is 2.09 bits per heavy atom. The molecule has 2 aromatic rings. The summed E-state index contributed by atoms with van der Waals surface area (Å²) in [5.41, 5.74) is 0.807. The number of piperidine rings is 1. The van der Waals surface area contributed by atoms with Crippen molar-refractivity contribution < 1.29 is 4.79 Å². The summed E-state index contributed by atoms with van der Waals surface area (Å²) >= 11 is 0. The van der Waals surface area contributed by atoms with Crippen LogP contribution in [-0.2, 0) is 11.3 Å². The van der Waals surface area contributed by atoms with Crippen molar-refractivity contribution in [3.05, 3.63) is 30.2 Å². The first-order valence-corrected chi connectivity index (χ1v) is 8.09. The van der Waals surface area contributed by atoms with Gasteiger partial charge in [0.2, 0.25) is 5.91 Å². The molecule has 0 spiro atoms. The highest BCUT2D eigenvalue weighted by Gasteiger charge is 2.34. The smallest absolute Gasteiger partial charge is 0.220 e. The second-order valence-electron chi connectivity index (χ2n) is 6.50. The summed E-state index contributed by atoms with van der Waals surface area (Å²) in [6.07, 6.45) is 7.37. The van der Waals surface area contributed by atoms with Crippen LogP contribution in [0.4, 0.5) is 0 Å². The van der Waals surface area contributed by atoms with E-state index in [1.54, 1.807) is 0 Å². The Balaban J connectivity index is 1.33. The minimum absolute atomic E-state index is 0.124. The monoisotopic (exact) mass is 299 g/mol. The molecule has 2 N–H and O–H groups in total. The standard InChI is InChI=1S/C16H21N5O/c22-16(9-11-7-12-4-5-13(8-11)18-12)17-10-15-20-19-14-3-1-2-6-21(14)15/h1-3,6,11-13,18H,4-5,7-10H2,(H,17,22). The maximum Gasteiger partial charge on any atom is 0.220 e. The van der Waals surface area contributed by atoms with Gasteiger partial charge in [0.15, 0.2) is 11.5 Å². The Labute approximate surface area is 129 Å². The normalized spacial score (nSPS) is 27.2. The molecule has 0 aliphatic carbocycles. The lowest BCUT2D eigenvalue weighted by atomic mass is 9.89. The highest BCUT2D eigenvalue weighted by atomic mass is 16.1. The highest BCUT2D eigenvalue weighted by molar-refractivity contribution is 5.76. The van der Waals surface area contributed by atoms with Gasteiger partial charge in [-0.2, -0.15) is 0 Å². The number of nitrogens with one attached hydrogen (secondary N) is 2. The van der Waals surface area contributed by atoms with E-state index in [0.717, 1.165) is 24.3 Å². The van der Waals surface area contributed by atoms with Crippen LogP contribution in [-0.4, -0.2) is 32.6 Å². The van der Waals surface area contributed by atoms with Crippen LogP contribution in [0.3, 0.4) is 0 Å². The van der Waals surface area contributed by atoms with Crippen molar-refractivity contribution in [1.29, 1.82) is 0 Å². The third-order valence-electron chi connectivity index (χ3n) is 4.87. The number of nitrogens with zero attached hydrogens (tertiary/aromatic N) is 3. The summed E-state index contributed by atoms with van der Waals surface area (Å²) in [4.78, 5) is 12.2. The number of rotatable bonds is 4. The lowest BCUT2D eigenvalue weighted by Crippen LogP contribution is -2.39. The predicted octanol–water partition coefficient (Wildman–Crippen LogP) is 1.27. The lowest BCUT2D eigenvalue weighted by molar-refractivity contribution is -0.122. The van der Waals surface area contributed by atoms with Crippen LogP contribution in [0.1, 0.15) is 37.9 Å². The molecule has 4 rings (SSSR count). The van der Waals surface area contributed by atoms with E-state index in [1.165, 1.54) is 12.8 Å². The molecule has 2 aromatic heterocycles. The topological polar surface area (TPSA) is 71.3 Å². The number of hydrogen-bond acceptors (Lipinski definition) is 4. The van der Waals surface area contributed by atoms with Gasteiger partial charge in [-0.25, -0.2) is 0 Å². The van der Waals surface area contributed by atoms with Gasteiger partial charge in [0.25, 0.3) is 0 Å². The van der Waals surface area contributed by atoms with Crippen molar-refractivity contribution in [1.82, 2.24) is 25.2 Å². The lowest BCUT2D eigenvalue weighted by Gasteiger charge is -2.28. The maximum atomic E-state index is 12.2. The predicted molar refractivity (Wildman–Crippen MR) is 82.1 cm³/mol. The summed E-state index contributed by atoms with van der Waals surface area (Å²) in [7, 11) is 0. The molecule has 2 aliphatic rings. The van der Waals surface area contributed by atoms with Gasteiger partial charge in [0, 0.05) is 24.7 Å². The van der Waals surface area contributed by atoms with Crippen molar-refractivity contribution in [2.75, 3.05) is 0 Å². The first-order chi connectivity index (χ1) is 10.8. The van der Waals surface area contributed by atoms with Gasteiger partial charge in [-0.15, -0.1) is 10.2 Å². The Morgan fingerprint density at radius 3 is 2.91 bits per heavy atom. The first kappa shape index (κ1) is 13.7. The molecule has 2 bridgehead atoms. The molecule has 22 heavy (non-hydrogen) atoms. The number of carbonyl (C=O) groups is 1. The Hall–Kier alpha value is -1.95. The van der Waals surface area contributed by atoms with Crippen LogP contribution >= 0.6 is 0 Å². The quantitative estimate of drug-likeness (QED) is 0.892. The average molecular weight is 299 g/mol. The van der Waals surface area contributed by atoms with E-state index >= 15 is 0 Å². The van der Waals surface area contributed by atoms with E-state index < -0.39 is 0 Å². The summed E-state index contributed by atoms with van der Waals surface area (Å²) in [5, 5.41) is 14.8. The van der Waals surface area contributed by atoms with Gasteiger partial charge in [-0.3, -0.25) is 9.20 Å². The maximum absolute atomic E-state index is 12.2. The third kappa shape index (κ3) is 2.70. The zero-order chi connectivity index (χ0) is 14.9. The van der Waals surface area contributed by atoms with Gasteiger partial charge in [0.1, 0.15) is 0 Å². The molecule has 2 saturated heterocycles. The molecule has 6 nitrogen and oxygen atoms in total. The zero-order valence-electron chi connectivity index (χ0n) is 12.5. The second-order valence-corrected chi connectivity index (χ2v) is 6.50. The largest absolute Gasteiger partial charge is 0.349 e. The van der Waals surface area contributed by atoms with E-state index in [4.69, 9.17) is 0 Å².